The summed E-state index contributed by atoms with van der Waals surface area (Å²) in [5, 5.41) is 14.0. The molecule has 8 heteroatoms. The highest BCUT2D eigenvalue weighted by Crippen LogP contribution is 2.42. The summed E-state index contributed by atoms with van der Waals surface area (Å²) >= 11 is 0. The molecule has 8 nitrogen and oxygen atoms in total. The zero-order valence-electron chi connectivity index (χ0n) is 16.7. The normalized spacial score (nSPS) is 18.9. The lowest BCUT2D eigenvalue weighted by Crippen LogP contribution is -2.50. The summed E-state index contributed by atoms with van der Waals surface area (Å²) in [5.41, 5.74) is 0.843. The fourth-order valence-corrected chi connectivity index (χ4v) is 4.46. The predicted octanol–water partition coefficient (Wildman–Crippen LogP) is 2.89. The minimum Gasteiger partial charge on any atom is -0.497 e. The van der Waals surface area contributed by atoms with E-state index in [0.717, 1.165) is 25.8 Å². The first-order chi connectivity index (χ1) is 13.9. The molecule has 2 fully saturated rings. The van der Waals surface area contributed by atoms with Gasteiger partial charge in [0.15, 0.2) is 17.1 Å². The van der Waals surface area contributed by atoms with Crippen molar-refractivity contribution in [2.75, 3.05) is 38.7 Å². The summed E-state index contributed by atoms with van der Waals surface area (Å²) in [5.74, 6) is 0.446. The second kappa shape index (κ2) is 7.42. The van der Waals surface area contributed by atoms with E-state index in [0.29, 0.717) is 36.6 Å². The largest absolute Gasteiger partial charge is 0.497 e. The molecule has 0 atom stereocenters. The van der Waals surface area contributed by atoms with Crippen LogP contribution in [-0.4, -0.2) is 60.8 Å². The quantitative estimate of drug-likeness (QED) is 0.844. The number of ether oxygens (including phenoxy) is 1. The number of hydrogen-bond acceptors (Lipinski definition) is 6. The van der Waals surface area contributed by atoms with E-state index in [1.54, 1.807) is 31.4 Å². The van der Waals surface area contributed by atoms with E-state index < -0.39 is 5.97 Å². The topological polar surface area (TPSA) is 96.1 Å². The highest BCUT2D eigenvalue weighted by molar-refractivity contribution is 5.99. The fraction of sp³-hybridized carbons (Fsp3) is 0.476. The number of nitrogens with zero attached hydrogens (tertiary/aromatic N) is 3. The zero-order valence-corrected chi connectivity index (χ0v) is 16.7. The van der Waals surface area contributed by atoms with Gasteiger partial charge in [-0.1, -0.05) is 5.16 Å². The van der Waals surface area contributed by atoms with E-state index in [-0.39, 0.29) is 22.6 Å². The summed E-state index contributed by atoms with van der Waals surface area (Å²) in [6.45, 7) is 2.15. The summed E-state index contributed by atoms with van der Waals surface area (Å²) in [4.78, 5) is 27.7. The van der Waals surface area contributed by atoms with Crippen molar-refractivity contribution in [3.8, 4) is 17.1 Å². The van der Waals surface area contributed by atoms with Gasteiger partial charge in [-0.25, -0.2) is 4.79 Å². The fourth-order valence-electron chi connectivity index (χ4n) is 4.46. The van der Waals surface area contributed by atoms with Crippen molar-refractivity contribution in [2.24, 2.45) is 5.41 Å². The van der Waals surface area contributed by atoms with Crippen molar-refractivity contribution >= 4 is 17.7 Å². The van der Waals surface area contributed by atoms with Gasteiger partial charge in [-0.2, -0.15) is 0 Å². The minimum absolute atomic E-state index is 0.0852. The van der Waals surface area contributed by atoms with Crippen LogP contribution in [0.1, 0.15) is 36.0 Å². The van der Waals surface area contributed by atoms with E-state index in [9.17, 15) is 14.7 Å². The molecule has 1 aromatic carbocycles. The van der Waals surface area contributed by atoms with E-state index in [1.165, 1.54) is 0 Å². The Bertz CT molecular complexity index is 913. The lowest BCUT2D eigenvalue weighted by molar-refractivity contribution is -0.136. The number of aromatic nitrogens is 1. The number of methoxy groups -OCH3 is 1. The van der Waals surface area contributed by atoms with Crippen LogP contribution in [0.2, 0.25) is 0 Å². The van der Waals surface area contributed by atoms with Crippen LogP contribution in [-0.2, 0) is 4.79 Å². The highest BCUT2D eigenvalue weighted by atomic mass is 16.5. The number of carboxylic acid groups (broad SMARTS) is 1. The number of hydrogen-bond donors (Lipinski definition) is 1. The van der Waals surface area contributed by atoms with Gasteiger partial charge in [0.2, 0.25) is 5.91 Å². The zero-order chi connectivity index (χ0) is 20.6. The van der Waals surface area contributed by atoms with E-state index in [1.807, 2.05) is 16.8 Å². The van der Waals surface area contributed by atoms with Gasteiger partial charge in [-0.3, -0.25) is 4.79 Å². The Labute approximate surface area is 169 Å². The Hall–Kier alpha value is -3.03. The molecule has 0 bridgehead atoms. The van der Waals surface area contributed by atoms with Gasteiger partial charge in [-0.15, -0.1) is 0 Å². The number of carbonyl (C=O) groups is 2. The average molecular weight is 399 g/mol. The van der Waals surface area contributed by atoms with Gasteiger partial charge in [0.1, 0.15) is 5.75 Å². The maximum absolute atomic E-state index is 12.0. The molecule has 2 aromatic rings. The van der Waals surface area contributed by atoms with Crippen LogP contribution in [0.4, 0.5) is 5.82 Å². The molecule has 2 saturated heterocycles. The molecule has 154 valence electrons. The van der Waals surface area contributed by atoms with Crippen molar-refractivity contribution in [1.29, 1.82) is 0 Å². The Balaban J connectivity index is 1.56. The minimum atomic E-state index is -1.06. The lowest BCUT2D eigenvalue weighted by Gasteiger charge is -2.46. The van der Waals surface area contributed by atoms with Gasteiger partial charge in [-0.05, 0) is 48.9 Å². The van der Waals surface area contributed by atoms with Gasteiger partial charge in [0, 0.05) is 38.7 Å². The first-order valence-electron chi connectivity index (χ1n) is 9.79. The molecular formula is C21H25N3O5. The second-order valence-corrected chi connectivity index (χ2v) is 7.98. The van der Waals surface area contributed by atoms with Crippen LogP contribution in [0.25, 0.3) is 11.3 Å². The maximum atomic E-state index is 12.0. The number of amides is 1. The molecule has 4 rings (SSSR count). The predicted molar refractivity (Wildman–Crippen MR) is 106 cm³/mol. The maximum Gasteiger partial charge on any atom is 0.343 e. The molecule has 3 heterocycles. The third-order valence-corrected chi connectivity index (χ3v) is 6.23. The molecule has 1 amide bonds. The van der Waals surface area contributed by atoms with Crippen molar-refractivity contribution in [3.63, 3.8) is 0 Å². The number of rotatable bonds is 4. The van der Waals surface area contributed by atoms with Gasteiger partial charge in [0.05, 0.1) is 7.11 Å². The first kappa shape index (κ1) is 19.3. The number of likely N-dealkylation sites (tertiary alicyclic amines) is 1. The number of aromatic carboxylic acids is 1. The number of anilines is 1. The number of carboxylic acids is 1. The molecule has 0 saturated carbocycles. The van der Waals surface area contributed by atoms with Crippen molar-refractivity contribution in [2.45, 2.75) is 25.7 Å². The van der Waals surface area contributed by atoms with Crippen molar-refractivity contribution in [1.82, 2.24) is 10.1 Å². The van der Waals surface area contributed by atoms with E-state index in [4.69, 9.17) is 9.26 Å². The third kappa shape index (κ3) is 3.54. The molecule has 29 heavy (non-hydrogen) atoms. The summed E-state index contributed by atoms with van der Waals surface area (Å²) in [6.07, 6.45) is 3.27. The van der Waals surface area contributed by atoms with Crippen LogP contribution < -0.4 is 9.64 Å². The van der Waals surface area contributed by atoms with Crippen LogP contribution >= 0.6 is 0 Å². The summed E-state index contributed by atoms with van der Waals surface area (Å²) in [6, 6.07) is 7.04. The van der Waals surface area contributed by atoms with Crippen LogP contribution in [0.3, 0.4) is 0 Å². The number of carbonyl (C=O) groups excluding carboxylic acids is 1. The lowest BCUT2D eigenvalue weighted by atomic mass is 9.72. The van der Waals surface area contributed by atoms with Crippen molar-refractivity contribution in [3.05, 3.63) is 29.8 Å². The highest BCUT2D eigenvalue weighted by Gasteiger charge is 2.41. The number of piperidine rings is 2. The molecular weight excluding hydrogens is 374 g/mol. The van der Waals surface area contributed by atoms with Crippen LogP contribution in [0.5, 0.6) is 5.75 Å². The SMILES string of the molecule is COc1ccc(-c2onc(N3CCC4(CCC(=O)N(C)C4)CC3)c2C(=O)O)cc1. The van der Waals surface area contributed by atoms with Gasteiger partial charge in [0.25, 0.3) is 0 Å². The van der Waals surface area contributed by atoms with Crippen LogP contribution in [0, 0.1) is 5.41 Å². The Morgan fingerprint density at radius 1 is 1.21 bits per heavy atom. The first-order valence-corrected chi connectivity index (χ1v) is 9.79. The Morgan fingerprint density at radius 3 is 2.48 bits per heavy atom. The van der Waals surface area contributed by atoms with E-state index >= 15 is 0 Å². The number of benzene rings is 1. The summed E-state index contributed by atoms with van der Waals surface area (Å²) < 4.78 is 10.6. The molecule has 2 aliphatic heterocycles. The molecule has 0 unspecified atom stereocenters. The second-order valence-electron chi connectivity index (χ2n) is 7.98. The molecule has 1 aromatic heterocycles. The smallest absolute Gasteiger partial charge is 0.343 e. The standard InChI is InChI=1S/C21H25N3O5/c1-23-13-21(8-7-16(23)25)9-11-24(12-10-21)19-17(20(26)27)18(29-22-19)14-3-5-15(28-2)6-4-14/h3-6H,7-13H2,1-2H3,(H,26,27). The van der Waals surface area contributed by atoms with Gasteiger partial charge >= 0.3 is 5.97 Å². The molecule has 0 aliphatic carbocycles. The van der Waals surface area contributed by atoms with Crippen molar-refractivity contribution < 1.29 is 24.0 Å². The summed E-state index contributed by atoms with van der Waals surface area (Å²) in [7, 11) is 3.43. The molecule has 0 radical (unpaired) electrons. The molecule has 2 aliphatic rings. The molecule has 1 N–H and O–H groups in total. The molecule has 1 spiro atoms. The van der Waals surface area contributed by atoms with E-state index in [2.05, 4.69) is 5.16 Å². The Morgan fingerprint density at radius 2 is 1.90 bits per heavy atom. The average Bonchev–Trinajstić information content (AvgIpc) is 3.17. The monoisotopic (exact) mass is 399 g/mol. The third-order valence-electron chi connectivity index (χ3n) is 6.23. The van der Waals surface area contributed by atoms with Crippen LogP contribution in [0.15, 0.2) is 28.8 Å². The van der Waals surface area contributed by atoms with Gasteiger partial charge < -0.3 is 24.2 Å². The Kier molecular flexibility index (Phi) is 4.94.